The number of thioether (sulfide) groups is 1. The van der Waals surface area contributed by atoms with Gasteiger partial charge in [0, 0.05) is 4.75 Å². The Kier molecular flexibility index (Phi) is 10.0. The number of nitrogens with one attached hydrogen (secondary N) is 1. The number of para-hydroxylation sites is 2. The van der Waals surface area contributed by atoms with Crippen molar-refractivity contribution >= 4 is 29.5 Å². The van der Waals surface area contributed by atoms with Gasteiger partial charge in [-0.2, -0.15) is 0 Å². The molecule has 2 amide bonds. The van der Waals surface area contributed by atoms with Gasteiger partial charge in [0.2, 0.25) is 5.91 Å². The van der Waals surface area contributed by atoms with Crippen molar-refractivity contribution in [1.29, 1.82) is 0 Å². The van der Waals surface area contributed by atoms with Crippen molar-refractivity contribution in [2.75, 3.05) is 7.11 Å². The van der Waals surface area contributed by atoms with Crippen molar-refractivity contribution in [3.8, 4) is 11.5 Å². The molecular weight excluding hydrogens is 479 g/mol. The first-order chi connectivity index (χ1) is 16.0. The second-order valence-corrected chi connectivity index (χ2v) is 11.7. The van der Waals surface area contributed by atoms with E-state index in [9.17, 15) is 19.5 Å². The van der Waals surface area contributed by atoms with Crippen LogP contribution in [-0.2, 0) is 14.4 Å². The minimum Gasteiger partial charge on any atom is -0.548 e. The molecule has 2 aliphatic heterocycles. The maximum Gasteiger partial charge on any atom is 1.00 e. The zero-order valence-electron chi connectivity index (χ0n) is 21.8. The SMILES string of the molecule is CCCCC(CC(C)C)(Oc1ccccc1OC)C(=O)N[C@@H]1C(=O)N2[C@@H]1SC(C)(C)[C@@H]2C(=O)[O-].[Na+]. The van der Waals surface area contributed by atoms with Gasteiger partial charge in [-0.15, -0.1) is 11.8 Å². The fourth-order valence-electron chi connectivity index (χ4n) is 4.88. The summed E-state index contributed by atoms with van der Waals surface area (Å²) in [5.41, 5.74) is -1.20. The second kappa shape index (κ2) is 11.8. The Labute approximate surface area is 234 Å². The number of hydrogen-bond acceptors (Lipinski definition) is 7. The van der Waals surface area contributed by atoms with Gasteiger partial charge in [-0.25, -0.2) is 0 Å². The Morgan fingerprint density at radius 3 is 2.43 bits per heavy atom. The molecular formula is C25H35N2NaO6S. The number of methoxy groups -OCH3 is 1. The molecule has 188 valence electrons. The summed E-state index contributed by atoms with van der Waals surface area (Å²) >= 11 is 1.37. The average Bonchev–Trinajstić information content (AvgIpc) is 3.03. The minimum absolute atomic E-state index is 0. The smallest absolute Gasteiger partial charge is 0.548 e. The average molecular weight is 515 g/mol. The molecule has 1 aromatic carbocycles. The van der Waals surface area contributed by atoms with Crippen LogP contribution in [0.4, 0.5) is 0 Å². The molecule has 35 heavy (non-hydrogen) atoms. The number of hydrogen-bond donors (Lipinski definition) is 1. The Hall–Kier alpha value is -1.42. The van der Waals surface area contributed by atoms with Crippen LogP contribution in [0, 0.1) is 5.92 Å². The van der Waals surface area contributed by atoms with E-state index in [0.717, 1.165) is 12.8 Å². The van der Waals surface area contributed by atoms with Crippen molar-refractivity contribution in [3.05, 3.63) is 24.3 Å². The van der Waals surface area contributed by atoms with Crippen LogP contribution < -0.4 is 49.5 Å². The summed E-state index contributed by atoms with van der Waals surface area (Å²) < 4.78 is 11.2. The van der Waals surface area contributed by atoms with E-state index in [0.29, 0.717) is 24.3 Å². The number of aliphatic carboxylic acids is 1. The summed E-state index contributed by atoms with van der Waals surface area (Å²) in [5, 5.41) is 14.2. The van der Waals surface area contributed by atoms with Gasteiger partial charge in [0.05, 0.1) is 19.1 Å². The number of carboxylic acid groups (broad SMARTS) is 1. The van der Waals surface area contributed by atoms with Gasteiger partial charge in [-0.3, -0.25) is 9.59 Å². The topological polar surface area (TPSA) is 108 Å². The normalized spacial score (nSPS) is 24.0. The number of fused-ring (bicyclic) bond motifs is 1. The number of unbranched alkanes of at least 4 members (excludes halogenated alkanes) is 1. The number of nitrogens with zero attached hydrogens (tertiary/aromatic N) is 1. The van der Waals surface area contributed by atoms with E-state index < -0.39 is 39.7 Å². The van der Waals surface area contributed by atoms with Crippen LogP contribution in [0.25, 0.3) is 0 Å². The van der Waals surface area contributed by atoms with Crippen molar-refractivity contribution in [1.82, 2.24) is 10.2 Å². The number of carboxylic acids is 1. The van der Waals surface area contributed by atoms with E-state index in [2.05, 4.69) is 5.32 Å². The van der Waals surface area contributed by atoms with E-state index in [4.69, 9.17) is 9.47 Å². The predicted molar refractivity (Wildman–Crippen MR) is 128 cm³/mol. The molecule has 0 bridgehead atoms. The molecule has 8 nitrogen and oxygen atoms in total. The quantitative estimate of drug-likeness (QED) is 0.309. The Morgan fingerprint density at radius 1 is 1.26 bits per heavy atom. The van der Waals surface area contributed by atoms with Crippen LogP contribution in [0.5, 0.6) is 11.5 Å². The molecule has 0 saturated carbocycles. The first-order valence-electron chi connectivity index (χ1n) is 11.8. The van der Waals surface area contributed by atoms with Gasteiger partial charge in [-0.1, -0.05) is 39.3 Å². The predicted octanol–water partition coefficient (Wildman–Crippen LogP) is -0.650. The number of carbonyl (C=O) groups excluding carboxylic acids is 3. The maximum absolute atomic E-state index is 13.8. The molecule has 2 fully saturated rings. The summed E-state index contributed by atoms with van der Waals surface area (Å²) in [6.45, 7) is 9.65. The number of β-lactam (4-membered cyclic amide) rings is 1. The molecule has 0 aliphatic carbocycles. The van der Waals surface area contributed by atoms with Crippen LogP contribution in [0.2, 0.25) is 0 Å². The van der Waals surface area contributed by atoms with Crippen LogP contribution >= 0.6 is 11.8 Å². The van der Waals surface area contributed by atoms with Gasteiger partial charge in [-0.05, 0) is 51.2 Å². The van der Waals surface area contributed by atoms with Crippen molar-refractivity contribution in [2.24, 2.45) is 5.92 Å². The molecule has 4 atom stereocenters. The number of amides is 2. The van der Waals surface area contributed by atoms with Crippen LogP contribution in [-0.4, -0.2) is 57.6 Å². The standard InChI is InChI=1S/C25H36N2O6S.Na/c1-7-8-13-25(14-15(2)3,33-17-12-10-9-11-16(17)32-6)23(31)26-18-20(28)27-19(22(29)30)24(4,5)34-21(18)27;/h9-12,15,18-19,21H,7-8,13-14H2,1-6H3,(H,26,31)(H,29,30);/q;+1/p-1/t18-,19+,21-,25?;/m1./s1. The largest absolute Gasteiger partial charge is 1.00 e. The van der Waals surface area contributed by atoms with E-state index in [1.54, 1.807) is 33.1 Å². The zero-order valence-corrected chi connectivity index (χ0v) is 24.6. The molecule has 0 radical (unpaired) electrons. The first kappa shape index (κ1) is 29.8. The molecule has 2 aliphatic rings. The van der Waals surface area contributed by atoms with Gasteiger partial charge in [0.1, 0.15) is 11.4 Å². The fraction of sp³-hybridized carbons (Fsp3) is 0.640. The number of benzene rings is 1. The number of ether oxygens (including phenoxy) is 2. The van der Waals surface area contributed by atoms with E-state index in [-0.39, 0.29) is 41.4 Å². The third kappa shape index (κ3) is 5.95. The molecule has 0 spiro atoms. The molecule has 1 N–H and O–H groups in total. The van der Waals surface area contributed by atoms with Crippen molar-refractivity contribution in [2.45, 2.75) is 88.1 Å². The summed E-state index contributed by atoms with van der Waals surface area (Å²) in [5.74, 6) is -0.920. The second-order valence-electron chi connectivity index (χ2n) is 9.98. The number of carbonyl (C=O) groups is 3. The molecule has 0 aromatic heterocycles. The fourth-order valence-corrected chi connectivity index (χ4v) is 6.50. The molecule has 3 rings (SSSR count). The summed E-state index contributed by atoms with van der Waals surface area (Å²) in [6.07, 6.45) is 2.56. The van der Waals surface area contributed by atoms with Gasteiger partial charge in [0.25, 0.3) is 5.91 Å². The van der Waals surface area contributed by atoms with E-state index in [1.807, 2.05) is 32.9 Å². The Morgan fingerprint density at radius 2 is 1.89 bits per heavy atom. The Bertz CT molecular complexity index is 942. The Balaban J connectivity index is 0.00000432. The van der Waals surface area contributed by atoms with Crippen LogP contribution in [0.3, 0.4) is 0 Å². The minimum atomic E-state index is -1.28. The summed E-state index contributed by atoms with van der Waals surface area (Å²) in [6, 6.07) is 5.35. The molecule has 1 unspecified atom stereocenters. The third-order valence-corrected chi connectivity index (χ3v) is 7.98. The van der Waals surface area contributed by atoms with Crippen LogP contribution in [0.15, 0.2) is 24.3 Å². The summed E-state index contributed by atoms with van der Waals surface area (Å²) in [4.78, 5) is 39.8. The maximum atomic E-state index is 13.8. The van der Waals surface area contributed by atoms with E-state index in [1.165, 1.54) is 16.7 Å². The van der Waals surface area contributed by atoms with Crippen molar-refractivity contribution < 1.29 is 58.5 Å². The zero-order chi connectivity index (χ0) is 25.3. The first-order valence-corrected chi connectivity index (χ1v) is 12.7. The van der Waals surface area contributed by atoms with E-state index >= 15 is 0 Å². The van der Waals surface area contributed by atoms with Gasteiger partial charge >= 0.3 is 29.6 Å². The molecule has 2 saturated heterocycles. The van der Waals surface area contributed by atoms with Gasteiger partial charge < -0.3 is 29.6 Å². The monoisotopic (exact) mass is 514 g/mol. The summed E-state index contributed by atoms with van der Waals surface area (Å²) in [7, 11) is 1.55. The molecule has 10 heteroatoms. The third-order valence-electron chi connectivity index (χ3n) is 6.41. The van der Waals surface area contributed by atoms with Crippen LogP contribution in [0.1, 0.15) is 60.3 Å². The molecule has 1 aromatic rings. The van der Waals surface area contributed by atoms with Crippen molar-refractivity contribution in [3.63, 3.8) is 0 Å². The molecule has 2 heterocycles. The number of rotatable bonds is 11. The van der Waals surface area contributed by atoms with Gasteiger partial charge in [0.15, 0.2) is 17.1 Å².